The molecule has 156 valence electrons. The fourth-order valence-electron chi connectivity index (χ4n) is 3.32. The number of nitrogens with zero attached hydrogens (tertiary/aromatic N) is 2. The SMILES string of the molecule is Cl.NCCOc1ccc(NC(=O)C2CCN(c3ccccc3[N+](=O)[O-])CC2)cc1. The Labute approximate surface area is 175 Å². The molecule has 1 saturated heterocycles. The number of benzene rings is 2. The van der Waals surface area contributed by atoms with Crippen LogP contribution in [0.25, 0.3) is 0 Å². The normalized spacial score (nSPS) is 14.0. The molecule has 3 rings (SSSR count). The minimum absolute atomic E-state index is 0. The molecular weight excluding hydrogens is 396 g/mol. The van der Waals surface area contributed by atoms with Gasteiger partial charge >= 0.3 is 0 Å². The van der Waals surface area contributed by atoms with Crippen LogP contribution in [0.15, 0.2) is 48.5 Å². The average molecular weight is 421 g/mol. The van der Waals surface area contributed by atoms with Crippen molar-refractivity contribution in [3.8, 4) is 5.75 Å². The highest BCUT2D eigenvalue weighted by molar-refractivity contribution is 5.92. The smallest absolute Gasteiger partial charge is 0.292 e. The summed E-state index contributed by atoms with van der Waals surface area (Å²) in [7, 11) is 0. The Bertz CT molecular complexity index is 823. The number of rotatable bonds is 7. The van der Waals surface area contributed by atoms with Crippen LogP contribution in [0.5, 0.6) is 5.75 Å². The van der Waals surface area contributed by atoms with Gasteiger partial charge in [0.25, 0.3) is 5.69 Å². The first-order chi connectivity index (χ1) is 13.6. The second kappa shape index (κ2) is 10.6. The molecule has 0 radical (unpaired) electrons. The molecule has 0 saturated carbocycles. The fraction of sp³-hybridized carbons (Fsp3) is 0.350. The third kappa shape index (κ3) is 5.82. The summed E-state index contributed by atoms with van der Waals surface area (Å²) in [5.41, 5.74) is 6.83. The van der Waals surface area contributed by atoms with Crippen molar-refractivity contribution >= 4 is 35.4 Å². The van der Waals surface area contributed by atoms with Crippen molar-refractivity contribution < 1.29 is 14.5 Å². The van der Waals surface area contributed by atoms with Crippen LogP contribution in [0.2, 0.25) is 0 Å². The number of hydrogen-bond acceptors (Lipinski definition) is 6. The van der Waals surface area contributed by atoms with E-state index in [1.165, 1.54) is 6.07 Å². The van der Waals surface area contributed by atoms with Crippen LogP contribution < -0.4 is 20.7 Å². The van der Waals surface area contributed by atoms with Crippen molar-refractivity contribution in [2.24, 2.45) is 11.7 Å². The Morgan fingerprint density at radius 1 is 1.17 bits per heavy atom. The number of nitro groups is 1. The minimum Gasteiger partial charge on any atom is -0.492 e. The number of nitro benzene ring substituents is 1. The molecule has 2 aromatic rings. The summed E-state index contributed by atoms with van der Waals surface area (Å²) in [6, 6.07) is 13.9. The van der Waals surface area contributed by atoms with Crippen LogP contribution in [0.3, 0.4) is 0 Å². The molecule has 0 atom stereocenters. The van der Waals surface area contributed by atoms with Gasteiger partial charge in [-0.15, -0.1) is 12.4 Å². The van der Waals surface area contributed by atoms with Crippen LogP contribution >= 0.6 is 12.4 Å². The lowest BCUT2D eigenvalue weighted by Crippen LogP contribution is -2.38. The third-order valence-corrected chi connectivity index (χ3v) is 4.79. The van der Waals surface area contributed by atoms with E-state index in [1.807, 2.05) is 4.90 Å². The number of carbonyl (C=O) groups excluding carboxylic acids is 1. The van der Waals surface area contributed by atoms with Gasteiger partial charge in [-0.1, -0.05) is 12.1 Å². The Morgan fingerprint density at radius 2 is 1.83 bits per heavy atom. The van der Waals surface area contributed by atoms with E-state index in [0.717, 1.165) is 0 Å². The van der Waals surface area contributed by atoms with Crippen molar-refractivity contribution in [2.75, 3.05) is 36.5 Å². The van der Waals surface area contributed by atoms with E-state index in [2.05, 4.69) is 5.32 Å². The van der Waals surface area contributed by atoms with Gasteiger partial charge in [-0.3, -0.25) is 14.9 Å². The summed E-state index contributed by atoms with van der Waals surface area (Å²) in [6.07, 6.45) is 1.30. The molecular formula is C20H25ClN4O4. The molecule has 1 aliphatic heterocycles. The van der Waals surface area contributed by atoms with Crippen molar-refractivity contribution in [3.05, 3.63) is 58.6 Å². The predicted octanol–water partition coefficient (Wildman–Crippen LogP) is 3.21. The van der Waals surface area contributed by atoms with E-state index in [1.54, 1.807) is 42.5 Å². The molecule has 0 bridgehead atoms. The monoisotopic (exact) mass is 420 g/mol. The van der Waals surface area contributed by atoms with Gasteiger partial charge in [0, 0.05) is 37.3 Å². The maximum absolute atomic E-state index is 12.6. The molecule has 0 aliphatic carbocycles. The Hall–Kier alpha value is -2.84. The van der Waals surface area contributed by atoms with Gasteiger partial charge < -0.3 is 20.7 Å². The molecule has 1 heterocycles. The van der Waals surface area contributed by atoms with E-state index in [9.17, 15) is 14.9 Å². The summed E-state index contributed by atoms with van der Waals surface area (Å²) >= 11 is 0. The number of piperidine rings is 1. The minimum atomic E-state index is -0.366. The number of para-hydroxylation sites is 2. The molecule has 1 aliphatic rings. The van der Waals surface area contributed by atoms with E-state index in [4.69, 9.17) is 10.5 Å². The number of hydrogen-bond donors (Lipinski definition) is 2. The second-order valence-corrected chi connectivity index (χ2v) is 6.66. The molecule has 1 amide bonds. The molecule has 8 nitrogen and oxygen atoms in total. The number of halogens is 1. The number of nitrogens with two attached hydrogens (primary N) is 1. The summed E-state index contributed by atoms with van der Waals surface area (Å²) in [6.45, 7) is 2.11. The average Bonchev–Trinajstić information content (AvgIpc) is 2.73. The zero-order valence-corrected chi connectivity index (χ0v) is 16.8. The third-order valence-electron chi connectivity index (χ3n) is 4.79. The molecule has 29 heavy (non-hydrogen) atoms. The number of nitrogens with one attached hydrogen (secondary N) is 1. The summed E-state index contributed by atoms with van der Waals surface area (Å²) in [5.74, 6) is 0.561. The van der Waals surface area contributed by atoms with Gasteiger partial charge in [0.15, 0.2) is 0 Å². The standard InChI is InChI=1S/C20H24N4O4.ClH/c21-11-14-28-17-7-5-16(6-8-17)22-20(25)15-9-12-23(13-10-15)18-3-1-2-4-19(18)24(26)27;/h1-8,15H,9-14,21H2,(H,22,25);1H. The van der Waals surface area contributed by atoms with Crippen LogP contribution in [0.1, 0.15) is 12.8 Å². The van der Waals surface area contributed by atoms with E-state index < -0.39 is 0 Å². The van der Waals surface area contributed by atoms with Gasteiger partial charge in [-0.05, 0) is 43.2 Å². The Morgan fingerprint density at radius 3 is 2.45 bits per heavy atom. The highest BCUT2D eigenvalue weighted by Crippen LogP contribution is 2.31. The van der Waals surface area contributed by atoms with Crippen molar-refractivity contribution in [3.63, 3.8) is 0 Å². The molecule has 0 unspecified atom stereocenters. The van der Waals surface area contributed by atoms with Gasteiger partial charge in [0.2, 0.25) is 5.91 Å². The molecule has 0 spiro atoms. The largest absolute Gasteiger partial charge is 0.492 e. The summed E-state index contributed by atoms with van der Waals surface area (Å²) < 4.78 is 5.42. The molecule has 0 aromatic heterocycles. The van der Waals surface area contributed by atoms with Crippen molar-refractivity contribution in [1.82, 2.24) is 0 Å². The quantitative estimate of drug-likeness (QED) is 0.525. The maximum Gasteiger partial charge on any atom is 0.292 e. The van der Waals surface area contributed by atoms with Gasteiger partial charge in [0.1, 0.15) is 18.0 Å². The topological polar surface area (TPSA) is 111 Å². The number of carbonyl (C=O) groups is 1. The maximum atomic E-state index is 12.6. The first-order valence-electron chi connectivity index (χ1n) is 9.30. The number of ether oxygens (including phenoxy) is 1. The van der Waals surface area contributed by atoms with Gasteiger partial charge in [-0.2, -0.15) is 0 Å². The second-order valence-electron chi connectivity index (χ2n) is 6.66. The van der Waals surface area contributed by atoms with Crippen LogP contribution in [-0.2, 0) is 4.79 Å². The molecule has 9 heteroatoms. The highest BCUT2D eigenvalue weighted by atomic mass is 35.5. The number of anilines is 2. The zero-order chi connectivity index (χ0) is 19.9. The van der Waals surface area contributed by atoms with Crippen molar-refractivity contribution in [1.29, 1.82) is 0 Å². The Kier molecular flexibility index (Phi) is 8.23. The van der Waals surface area contributed by atoms with E-state index in [-0.39, 0.29) is 34.8 Å². The summed E-state index contributed by atoms with van der Waals surface area (Å²) in [4.78, 5) is 25.4. The van der Waals surface area contributed by atoms with Gasteiger partial charge in [-0.25, -0.2) is 0 Å². The zero-order valence-electron chi connectivity index (χ0n) is 16.0. The lowest BCUT2D eigenvalue weighted by Gasteiger charge is -2.32. The van der Waals surface area contributed by atoms with Crippen LogP contribution in [0.4, 0.5) is 17.1 Å². The van der Waals surface area contributed by atoms with Crippen molar-refractivity contribution in [2.45, 2.75) is 12.8 Å². The van der Waals surface area contributed by atoms with E-state index in [0.29, 0.717) is 56.2 Å². The molecule has 1 fully saturated rings. The predicted molar refractivity (Wildman–Crippen MR) is 115 cm³/mol. The highest BCUT2D eigenvalue weighted by Gasteiger charge is 2.28. The molecule has 2 aromatic carbocycles. The molecule has 3 N–H and O–H groups in total. The number of amides is 1. The lowest BCUT2D eigenvalue weighted by molar-refractivity contribution is -0.384. The fourth-order valence-corrected chi connectivity index (χ4v) is 3.32. The first kappa shape index (κ1) is 22.4. The first-order valence-corrected chi connectivity index (χ1v) is 9.30. The van der Waals surface area contributed by atoms with Crippen LogP contribution in [0, 0.1) is 16.0 Å². The Balaban J connectivity index is 0.00000300. The van der Waals surface area contributed by atoms with E-state index >= 15 is 0 Å². The summed E-state index contributed by atoms with van der Waals surface area (Å²) in [5, 5.41) is 14.2. The lowest BCUT2D eigenvalue weighted by atomic mass is 9.95. The van der Waals surface area contributed by atoms with Gasteiger partial charge in [0.05, 0.1) is 4.92 Å². The van der Waals surface area contributed by atoms with Crippen LogP contribution in [-0.4, -0.2) is 37.1 Å².